The van der Waals surface area contributed by atoms with E-state index >= 15 is 0 Å². The van der Waals surface area contributed by atoms with Crippen LogP contribution in [0, 0.1) is 11.8 Å². The molecule has 0 aromatic heterocycles. The van der Waals surface area contributed by atoms with Crippen LogP contribution in [0.2, 0.25) is 0 Å². The monoisotopic (exact) mass is 278 g/mol. The van der Waals surface area contributed by atoms with E-state index in [-0.39, 0.29) is 6.54 Å². The Morgan fingerprint density at radius 3 is 2.11 bits per heavy atom. The van der Waals surface area contributed by atoms with E-state index < -0.39 is 12.6 Å². The first-order chi connectivity index (χ1) is 8.78. The lowest BCUT2D eigenvalue weighted by Gasteiger charge is -2.44. The zero-order valence-corrected chi connectivity index (χ0v) is 12.1. The number of alkyl halides is 3. The fourth-order valence-corrected chi connectivity index (χ4v) is 3.82. The molecule has 2 nitrogen and oxygen atoms in total. The number of rotatable bonds is 4. The smallest absolute Gasteiger partial charge is 0.302 e. The average Bonchev–Trinajstić information content (AvgIpc) is 2.55. The third-order valence-corrected chi connectivity index (χ3v) is 4.80. The van der Waals surface area contributed by atoms with Crippen molar-refractivity contribution in [3.63, 3.8) is 0 Å². The van der Waals surface area contributed by atoms with Crippen molar-refractivity contribution in [1.82, 2.24) is 9.80 Å². The molecule has 1 saturated heterocycles. The third-order valence-electron chi connectivity index (χ3n) is 4.80. The van der Waals surface area contributed by atoms with Crippen LogP contribution in [0.25, 0.3) is 0 Å². The van der Waals surface area contributed by atoms with Gasteiger partial charge in [0.25, 0.3) is 0 Å². The number of likely N-dealkylation sites (tertiary alicyclic amines) is 1. The van der Waals surface area contributed by atoms with Crippen molar-refractivity contribution in [3.8, 4) is 0 Å². The molecule has 1 aliphatic heterocycles. The minimum Gasteiger partial charge on any atom is -0.302 e. The number of nitrogens with zero attached hydrogens (tertiary/aromatic N) is 2. The van der Waals surface area contributed by atoms with Crippen molar-refractivity contribution in [1.29, 1.82) is 0 Å². The zero-order valence-electron chi connectivity index (χ0n) is 12.1. The van der Waals surface area contributed by atoms with Gasteiger partial charge in [0, 0.05) is 31.7 Å². The van der Waals surface area contributed by atoms with Gasteiger partial charge in [0.1, 0.15) is 0 Å². The molecular weight excluding hydrogens is 253 g/mol. The standard InChI is InChI=1S/C14H25F3N2/c1-10(2)19-8-11-4-5-12(9-19)13(11)18(3)7-6-14(15,16)17/h10-13H,4-9H2,1-3H3/t11-,12+,13+. The molecule has 1 saturated carbocycles. The summed E-state index contributed by atoms with van der Waals surface area (Å²) in [6.07, 6.45) is -2.37. The van der Waals surface area contributed by atoms with Gasteiger partial charge in [-0.25, -0.2) is 0 Å². The highest BCUT2D eigenvalue weighted by atomic mass is 19.4. The highest BCUT2D eigenvalue weighted by Gasteiger charge is 2.44. The fourth-order valence-electron chi connectivity index (χ4n) is 3.82. The molecule has 2 fully saturated rings. The van der Waals surface area contributed by atoms with Crippen molar-refractivity contribution < 1.29 is 13.2 Å². The number of fused-ring (bicyclic) bond motifs is 2. The van der Waals surface area contributed by atoms with Crippen LogP contribution in [0.15, 0.2) is 0 Å². The van der Waals surface area contributed by atoms with Crippen molar-refractivity contribution in [2.75, 3.05) is 26.7 Å². The number of piperidine rings is 1. The molecule has 0 radical (unpaired) electrons. The van der Waals surface area contributed by atoms with E-state index in [1.54, 1.807) is 0 Å². The predicted octanol–water partition coefficient (Wildman–Crippen LogP) is 2.99. The van der Waals surface area contributed by atoms with E-state index in [1.807, 2.05) is 11.9 Å². The maximum atomic E-state index is 12.3. The number of hydrogen-bond acceptors (Lipinski definition) is 2. The molecule has 0 aromatic rings. The van der Waals surface area contributed by atoms with Crippen molar-refractivity contribution >= 4 is 0 Å². The van der Waals surface area contributed by atoms with Gasteiger partial charge in [-0.1, -0.05) is 0 Å². The van der Waals surface area contributed by atoms with Crippen LogP contribution in [0.4, 0.5) is 13.2 Å². The van der Waals surface area contributed by atoms with E-state index in [0.717, 1.165) is 13.1 Å². The van der Waals surface area contributed by atoms with Gasteiger partial charge in [0.05, 0.1) is 6.42 Å². The molecule has 1 aliphatic carbocycles. The summed E-state index contributed by atoms with van der Waals surface area (Å²) in [7, 11) is 1.87. The van der Waals surface area contributed by atoms with Gasteiger partial charge in [0.2, 0.25) is 0 Å². The van der Waals surface area contributed by atoms with E-state index in [1.165, 1.54) is 12.8 Å². The van der Waals surface area contributed by atoms with Crippen molar-refractivity contribution in [3.05, 3.63) is 0 Å². The SMILES string of the molecule is CC(C)N1C[C@H]2CC[C@@H](C1)[C@H]2N(C)CCC(F)(F)F. The fraction of sp³-hybridized carbons (Fsp3) is 1.00. The molecule has 112 valence electrons. The minimum atomic E-state index is -4.04. The molecular formula is C14H25F3N2. The maximum absolute atomic E-state index is 12.3. The van der Waals surface area contributed by atoms with Gasteiger partial charge in [-0.15, -0.1) is 0 Å². The van der Waals surface area contributed by atoms with Crippen LogP contribution in [0.3, 0.4) is 0 Å². The second kappa shape index (κ2) is 5.60. The Bertz CT molecular complexity index is 290. The second-order valence-corrected chi connectivity index (χ2v) is 6.48. The summed E-state index contributed by atoms with van der Waals surface area (Å²) in [4.78, 5) is 4.45. The van der Waals surface area contributed by atoms with Crippen LogP contribution in [-0.2, 0) is 0 Å². The highest BCUT2D eigenvalue weighted by Crippen LogP contribution is 2.40. The molecule has 1 heterocycles. The molecule has 3 atom stereocenters. The van der Waals surface area contributed by atoms with Crippen LogP contribution in [0.5, 0.6) is 0 Å². The van der Waals surface area contributed by atoms with Crippen molar-refractivity contribution in [2.45, 2.75) is 51.4 Å². The Kier molecular flexibility index (Phi) is 4.45. The molecule has 2 rings (SSSR count). The zero-order chi connectivity index (χ0) is 14.2. The Morgan fingerprint density at radius 2 is 1.68 bits per heavy atom. The molecule has 0 N–H and O–H groups in total. The largest absolute Gasteiger partial charge is 0.390 e. The molecule has 5 heteroatoms. The summed E-state index contributed by atoms with van der Waals surface area (Å²) in [5, 5.41) is 0. The summed E-state index contributed by atoms with van der Waals surface area (Å²) in [6, 6.07) is 0.905. The van der Waals surface area contributed by atoms with Crippen molar-refractivity contribution in [2.24, 2.45) is 11.8 Å². The Hall–Kier alpha value is -0.290. The van der Waals surface area contributed by atoms with Crippen LogP contribution < -0.4 is 0 Å². The summed E-state index contributed by atoms with van der Waals surface area (Å²) in [6.45, 7) is 6.65. The molecule has 0 amide bonds. The van der Waals surface area contributed by atoms with Gasteiger partial charge >= 0.3 is 6.18 Å². The molecule has 0 unspecified atom stereocenters. The minimum absolute atomic E-state index is 0.142. The highest BCUT2D eigenvalue weighted by molar-refractivity contribution is 4.98. The second-order valence-electron chi connectivity index (χ2n) is 6.48. The van der Waals surface area contributed by atoms with E-state index in [2.05, 4.69) is 18.7 Å². The maximum Gasteiger partial charge on any atom is 0.390 e. The predicted molar refractivity (Wildman–Crippen MR) is 70.0 cm³/mol. The first-order valence-corrected chi connectivity index (χ1v) is 7.29. The van der Waals surface area contributed by atoms with E-state index in [9.17, 15) is 13.2 Å². The summed E-state index contributed by atoms with van der Waals surface area (Å²) in [5.41, 5.74) is 0. The summed E-state index contributed by atoms with van der Waals surface area (Å²) < 4.78 is 37.0. The van der Waals surface area contributed by atoms with Gasteiger partial charge < -0.3 is 9.80 Å². The Morgan fingerprint density at radius 1 is 1.16 bits per heavy atom. The lowest BCUT2D eigenvalue weighted by atomic mass is 9.90. The topological polar surface area (TPSA) is 6.48 Å². The average molecular weight is 278 g/mol. The van der Waals surface area contributed by atoms with Gasteiger partial charge in [-0.2, -0.15) is 13.2 Å². The quantitative estimate of drug-likeness (QED) is 0.780. The van der Waals surface area contributed by atoms with Gasteiger partial charge in [-0.3, -0.25) is 0 Å². The molecule has 2 bridgehead atoms. The molecule has 0 aromatic carbocycles. The first-order valence-electron chi connectivity index (χ1n) is 7.29. The third kappa shape index (κ3) is 3.63. The molecule has 19 heavy (non-hydrogen) atoms. The van der Waals surface area contributed by atoms with Gasteiger partial charge in [-0.05, 0) is 45.6 Å². The lowest BCUT2D eigenvalue weighted by Crippen LogP contribution is -2.53. The Labute approximate surface area is 113 Å². The van der Waals surface area contributed by atoms with Crippen LogP contribution in [0.1, 0.15) is 33.1 Å². The number of hydrogen-bond donors (Lipinski definition) is 0. The van der Waals surface area contributed by atoms with E-state index in [0.29, 0.717) is 23.9 Å². The van der Waals surface area contributed by atoms with E-state index in [4.69, 9.17) is 0 Å². The van der Waals surface area contributed by atoms with Crippen LogP contribution >= 0.6 is 0 Å². The normalized spacial score (nSPS) is 32.5. The molecule has 2 aliphatic rings. The summed E-state index contributed by atoms with van der Waals surface area (Å²) in [5.74, 6) is 1.11. The lowest BCUT2D eigenvalue weighted by molar-refractivity contribution is -0.139. The summed E-state index contributed by atoms with van der Waals surface area (Å²) >= 11 is 0. The van der Waals surface area contributed by atoms with Crippen LogP contribution in [-0.4, -0.2) is 54.7 Å². The Balaban J connectivity index is 1.92. The number of halogens is 3. The molecule has 0 spiro atoms. The first kappa shape index (κ1) is 15.1. The van der Waals surface area contributed by atoms with Gasteiger partial charge in [0.15, 0.2) is 0 Å².